The minimum absolute atomic E-state index is 0.0617. The van der Waals surface area contributed by atoms with Gasteiger partial charge >= 0.3 is 0 Å². The SMILES string of the molecule is CC(C)(C)Oc1ccc(CCC(Cn2ccnc2)Oc2ccc(Cl)cc2Cl)cc1. The highest BCUT2D eigenvalue weighted by Crippen LogP contribution is 2.29. The third-order valence-electron chi connectivity index (χ3n) is 4.26. The lowest BCUT2D eigenvalue weighted by molar-refractivity contribution is 0.131. The molecule has 3 aromatic rings. The first-order valence-corrected chi connectivity index (χ1v) is 10.4. The number of benzene rings is 2. The van der Waals surface area contributed by atoms with E-state index in [0.29, 0.717) is 22.3 Å². The van der Waals surface area contributed by atoms with Crippen LogP contribution in [0.1, 0.15) is 32.8 Å². The van der Waals surface area contributed by atoms with E-state index in [9.17, 15) is 0 Å². The van der Waals surface area contributed by atoms with Crippen LogP contribution >= 0.6 is 23.2 Å². The average molecular weight is 433 g/mol. The maximum Gasteiger partial charge on any atom is 0.138 e. The Morgan fingerprint density at radius 2 is 1.83 bits per heavy atom. The zero-order chi connectivity index (χ0) is 20.9. The van der Waals surface area contributed by atoms with E-state index in [4.69, 9.17) is 32.7 Å². The Morgan fingerprint density at radius 3 is 2.45 bits per heavy atom. The van der Waals surface area contributed by atoms with E-state index in [1.807, 2.05) is 49.7 Å². The van der Waals surface area contributed by atoms with Crippen LogP contribution in [0.3, 0.4) is 0 Å². The lowest BCUT2D eigenvalue weighted by Gasteiger charge is -2.22. The molecule has 0 aliphatic carbocycles. The summed E-state index contributed by atoms with van der Waals surface area (Å²) in [5, 5.41) is 1.10. The zero-order valence-electron chi connectivity index (χ0n) is 16.9. The number of aromatic nitrogens is 2. The Hall–Kier alpha value is -2.17. The van der Waals surface area contributed by atoms with Gasteiger partial charge in [0, 0.05) is 17.4 Å². The molecular weight excluding hydrogens is 407 g/mol. The summed E-state index contributed by atoms with van der Waals surface area (Å²) in [5.74, 6) is 1.51. The average Bonchev–Trinajstić information content (AvgIpc) is 3.15. The van der Waals surface area contributed by atoms with Gasteiger partial charge in [-0.1, -0.05) is 35.3 Å². The molecule has 0 N–H and O–H groups in total. The lowest BCUT2D eigenvalue weighted by atomic mass is 10.1. The predicted octanol–water partition coefficient (Wildman–Crippen LogP) is 6.45. The Labute approximate surface area is 182 Å². The fourth-order valence-electron chi connectivity index (χ4n) is 2.97. The van der Waals surface area contributed by atoms with Crippen molar-refractivity contribution >= 4 is 23.2 Å². The van der Waals surface area contributed by atoms with Crippen molar-refractivity contribution in [1.82, 2.24) is 9.55 Å². The van der Waals surface area contributed by atoms with Crippen molar-refractivity contribution in [2.24, 2.45) is 0 Å². The van der Waals surface area contributed by atoms with Crippen molar-refractivity contribution in [2.45, 2.75) is 51.9 Å². The summed E-state index contributed by atoms with van der Waals surface area (Å²) < 4.78 is 14.1. The third kappa shape index (κ3) is 6.98. The number of nitrogens with zero attached hydrogens (tertiary/aromatic N) is 2. The molecule has 3 rings (SSSR count). The van der Waals surface area contributed by atoms with Crippen LogP contribution in [0.15, 0.2) is 61.2 Å². The van der Waals surface area contributed by atoms with Crippen molar-refractivity contribution in [1.29, 1.82) is 0 Å². The summed E-state index contributed by atoms with van der Waals surface area (Å²) in [5.41, 5.74) is 1.02. The Bertz CT molecular complexity index is 904. The van der Waals surface area contributed by atoms with E-state index in [1.165, 1.54) is 5.56 Å². The fourth-order valence-corrected chi connectivity index (χ4v) is 3.43. The van der Waals surface area contributed by atoms with Gasteiger partial charge < -0.3 is 14.0 Å². The van der Waals surface area contributed by atoms with Crippen molar-refractivity contribution in [2.75, 3.05) is 0 Å². The normalized spacial score (nSPS) is 12.6. The van der Waals surface area contributed by atoms with Crippen molar-refractivity contribution in [3.63, 3.8) is 0 Å². The molecule has 0 fully saturated rings. The second kappa shape index (κ2) is 9.55. The summed E-state index contributed by atoms with van der Waals surface area (Å²) in [6, 6.07) is 13.5. The van der Waals surface area contributed by atoms with Crippen molar-refractivity contribution in [3.8, 4) is 11.5 Å². The molecule has 29 heavy (non-hydrogen) atoms. The summed E-state index contributed by atoms with van der Waals surface area (Å²) >= 11 is 12.3. The molecule has 0 aliphatic heterocycles. The number of hydrogen-bond donors (Lipinski definition) is 0. The number of halogens is 2. The molecule has 0 spiro atoms. The maximum atomic E-state index is 6.30. The van der Waals surface area contributed by atoms with Crippen molar-refractivity contribution < 1.29 is 9.47 Å². The van der Waals surface area contributed by atoms with Gasteiger partial charge in [-0.15, -0.1) is 0 Å². The van der Waals surface area contributed by atoms with Gasteiger partial charge in [-0.25, -0.2) is 4.98 Å². The molecule has 0 aliphatic rings. The van der Waals surface area contributed by atoms with E-state index in [-0.39, 0.29) is 11.7 Å². The molecule has 2 aromatic carbocycles. The van der Waals surface area contributed by atoms with E-state index in [2.05, 4.69) is 17.1 Å². The molecule has 0 bridgehead atoms. The molecule has 154 valence electrons. The molecule has 1 aromatic heterocycles. The van der Waals surface area contributed by atoms with Gasteiger partial charge in [0.25, 0.3) is 0 Å². The quantitative estimate of drug-likeness (QED) is 0.410. The number of ether oxygens (including phenoxy) is 2. The molecule has 0 amide bonds. The van der Waals surface area contributed by atoms with Gasteiger partial charge in [-0.2, -0.15) is 0 Å². The van der Waals surface area contributed by atoms with Crippen LogP contribution in [0.2, 0.25) is 10.0 Å². The topological polar surface area (TPSA) is 36.3 Å². The van der Waals surface area contributed by atoms with E-state index in [1.54, 1.807) is 24.7 Å². The number of rotatable bonds is 8. The summed E-state index contributed by atoms with van der Waals surface area (Å²) in [6.07, 6.45) is 7.13. The molecule has 0 saturated heterocycles. The Morgan fingerprint density at radius 1 is 1.07 bits per heavy atom. The van der Waals surface area contributed by atoms with Crippen LogP contribution in [0.5, 0.6) is 11.5 Å². The number of imidazole rings is 1. The van der Waals surface area contributed by atoms with Gasteiger partial charge in [-0.05, 0) is 69.5 Å². The highest BCUT2D eigenvalue weighted by Gasteiger charge is 2.15. The fraction of sp³-hybridized carbons (Fsp3) is 0.348. The molecule has 0 radical (unpaired) electrons. The Balaban J connectivity index is 1.66. The maximum absolute atomic E-state index is 6.30. The van der Waals surface area contributed by atoms with E-state index < -0.39 is 0 Å². The second-order valence-electron chi connectivity index (χ2n) is 7.97. The van der Waals surface area contributed by atoms with Crippen LogP contribution in [0.25, 0.3) is 0 Å². The van der Waals surface area contributed by atoms with Gasteiger partial charge in [-0.3, -0.25) is 0 Å². The van der Waals surface area contributed by atoms with Crippen LogP contribution < -0.4 is 9.47 Å². The predicted molar refractivity (Wildman–Crippen MR) is 118 cm³/mol. The van der Waals surface area contributed by atoms with Crippen molar-refractivity contribution in [3.05, 3.63) is 76.8 Å². The summed E-state index contributed by atoms with van der Waals surface area (Å²) in [6.45, 7) is 6.81. The molecule has 1 unspecified atom stereocenters. The highest BCUT2D eigenvalue weighted by molar-refractivity contribution is 6.35. The molecule has 1 atom stereocenters. The molecule has 1 heterocycles. The first-order valence-electron chi connectivity index (χ1n) is 9.64. The van der Waals surface area contributed by atoms with Gasteiger partial charge in [0.2, 0.25) is 0 Å². The van der Waals surface area contributed by atoms with Gasteiger partial charge in [0.05, 0.1) is 17.9 Å². The van der Waals surface area contributed by atoms with E-state index in [0.717, 1.165) is 18.6 Å². The lowest BCUT2D eigenvalue weighted by Crippen LogP contribution is -2.24. The van der Waals surface area contributed by atoms with Gasteiger partial charge in [0.15, 0.2) is 0 Å². The smallest absolute Gasteiger partial charge is 0.138 e. The number of aryl methyl sites for hydroxylation is 1. The standard InChI is InChI=1S/C23H26Cl2N2O2/c1-23(2,3)29-19-8-4-17(5-9-19)6-10-20(15-27-13-12-26-16-27)28-22-11-7-18(24)14-21(22)25/h4-5,7-9,11-14,16,20H,6,10,15H2,1-3H3. The molecule has 6 heteroatoms. The highest BCUT2D eigenvalue weighted by atomic mass is 35.5. The third-order valence-corrected chi connectivity index (χ3v) is 4.79. The first kappa shape index (κ1) is 21.5. The summed E-state index contributed by atoms with van der Waals surface area (Å²) in [7, 11) is 0. The molecule has 0 saturated carbocycles. The van der Waals surface area contributed by atoms with Crippen LogP contribution in [0, 0.1) is 0 Å². The molecular formula is C23H26Cl2N2O2. The second-order valence-corrected chi connectivity index (χ2v) is 8.81. The monoisotopic (exact) mass is 432 g/mol. The largest absolute Gasteiger partial charge is 0.488 e. The Kier molecular flexibility index (Phi) is 7.09. The minimum atomic E-state index is -0.205. The zero-order valence-corrected chi connectivity index (χ0v) is 18.5. The van der Waals surface area contributed by atoms with Crippen LogP contribution in [-0.2, 0) is 13.0 Å². The van der Waals surface area contributed by atoms with Gasteiger partial charge in [0.1, 0.15) is 23.2 Å². The van der Waals surface area contributed by atoms with Crippen LogP contribution in [-0.4, -0.2) is 21.3 Å². The van der Waals surface area contributed by atoms with E-state index >= 15 is 0 Å². The first-order chi connectivity index (χ1) is 13.8. The molecule has 4 nitrogen and oxygen atoms in total. The minimum Gasteiger partial charge on any atom is -0.488 e. The summed E-state index contributed by atoms with van der Waals surface area (Å²) in [4.78, 5) is 4.12. The number of hydrogen-bond acceptors (Lipinski definition) is 3. The van der Waals surface area contributed by atoms with Crippen LogP contribution in [0.4, 0.5) is 0 Å².